The zero-order chi connectivity index (χ0) is 23.9. The smallest absolute Gasteiger partial charge is 0.258 e. The van der Waals surface area contributed by atoms with Crippen LogP contribution in [0.15, 0.2) is 18.2 Å². The molecule has 2 amide bonds. The molecule has 1 saturated heterocycles. The minimum atomic E-state index is -0.587. The highest BCUT2D eigenvalue weighted by Crippen LogP contribution is 2.60. The predicted molar refractivity (Wildman–Crippen MR) is 126 cm³/mol. The molecule has 186 valence electrons. The number of hydrogen-bond acceptors (Lipinski definition) is 6. The van der Waals surface area contributed by atoms with Crippen molar-refractivity contribution >= 4 is 23.4 Å². The summed E-state index contributed by atoms with van der Waals surface area (Å²) in [6.45, 7) is 2.25. The van der Waals surface area contributed by atoms with Crippen LogP contribution < -0.4 is 26.0 Å². The van der Waals surface area contributed by atoms with Gasteiger partial charge in [0.05, 0.1) is 17.2 Å². The quantitative estimate of drug-likeness (QED) is 0.415. The number of benzene rings is 1. The van der Waals surface area contributed by atoms with Crippen LogP contribution in [-0.4, -0.2) is 73.3 Å². The molecule has 10 heteroatoms. The minimum Gasteiger partial charge on any atom is -0.484 e. The largest absolute Gasteiger partial charge is 0.484 e. The lowest BCUT2D eigenvalue weighted by atomic mass is 9.44. The average molecular weight is 494 g/mol. The number of carbonyl (C=O) groups is 2. The minimum absolute atomic E-state index is 0.00771. The molecule has 4 saturated carbocycles. The van der Waals surface area contributed by atoms with Crippen LogP contribution in [0.25, 0.3) is 0 Å². The summed E-state index contributed by atoms with van der Waals surface area (Å²) in [6.07, 6.45) is 6.43. The normalized spacial score (nSPS) is 32.2. The first-order valence-corrected chi connectivity index (χ1v) is 12.5. The van der Waals surface area contributed by atoms with Crippen LogP contribution in [0, 0.1) is 11.7 Å². The molecule has 1 aliphatic heterocycles. The molecule has 4 N–H and O–H groups in total. The molecule has 5 fully saturated rings. The van der Waals surface area contributed by atoms with Crippen molar-refractivity contribution in [2.24, 2.45) is 5.92 Å². The number of halogens is 2. The van der Waals surface area contributed by atoms with Crippen molar-refractivity contribution in [1.29, 1.82) is 0 Å². The maximum absolute atomic E-state index is 13.5. The topological polar surface area (TPSA) is 94.7 Å². The number of likely N-dealkylation sites (N-methyl/N-ethyl adjacent to an activating group) is 1. The van der Waals surface area contributed by atoms with E-state index in [1.54, 1.807) is 0 Å². The summed E-state index contributed by atoms with van der Waals surface area (Å²) in [4.78, 5) is 27.4. The zero-order valence-corrected chi connectivity index (χ0v) is 20.2. The van der Waals surface area contributed by atoms with Crippen LogP contribution >= 0.6 is 11.6 Å². The molecule has 2 bridgehead atoms. The lowest BCUT2D eigenvalue weighted by molar-refractivity contribution is -0.151. The van der Waals surface area contributed by atoms with E-state index in [9.17, 15) is 14.0 Å². The third-order valence-corrected chi connectivity index (χ3v) is 8.13. The van der Waals surface area contributed by atoms with Crippen LogP contribution in [0.3, 0.4) is 0 Å². The van der Waals surface area contributed by atoms with Crippen LogP contribution in [0.1, 0.15) is 38.5 Å². The van der Waals surface area contributed by atoms with E-state index in [2.05, 4.69) is 33.2 Å². The Morgan fingerprint density at radius 2 is 1.91 bits per heavy atom. The molecular weight excluding hydrogens is 461 g/mol. The highest BCUT2D eigenvalue weighted by molar-refractivity contribution is 6.30. The molecule has 34 heavy (non-hydrogen) atoms. The summed E-state index contributed by atoms with van der Waals surface area (Å²) in [5, 5.41) is 13.1. The molecule has 0 radical (unpaired) electrons. The number of hydrogen-bond donors (Lipinski definition) is 4. The van der Waals surface area contributed by atoms with Gasteiger partial charge >= 0.3 is 0 Å². The molecule has 0 aromatic heterocycles. The van der Waals surface area contributed by atoms with Crippen molar-refractivity contribution in [3.63, 3.8) is 0 Å². The van der Waals surface area contributed by atoms with Crippen molar-refractivity contribution in [1.82, 2.24) is 26.2 Å². The van der Waals surface area contributed by atoms with E-state index < -0.39 is 5.82 Å². The molecule has 4 aliphatic carbocycles. The van der Waals surface area contributed by atoms with Crippen LogP contribution in [-0.2, 0) is 9.59 Å². The predicted octanol–water partition coefficient (Wildman–Crippen LogP) is 1.38. The molecule has 5 aliphatic rings. The zero-order valence-electron chi connectivity index (χ0n) is 19.5. The third kappa shape index (κ3) is 4.89. The van der Waals surface area contributed by atoms with E-state index in [4.69, 9.17) is 16.3 Å². The van der Waals surface area contributed by atoms with Gasteiger partial charge < -0.3 is 20.7 Å². The van der Waals surface area contributed by atoms with Gasteiger partial charge in [0.1, 0.15) is 11.6 Å². The monoisotopic (exact) mass is 493 g/mol. The fourth-order valence-electron chi connectivity index (χ4n) is 5.81. The average Bonchev–Trinajstić information content (AvgIpc) is 2.74. The molecule has 2 unspecified atom stereocenters. The molecule has 1 aromatic rings. The summed E-state index contributed by atoms with van der Waals surface area (Å²) < 4.78 is 18.8. The summed E-state index contributed by atoms with van der Waals surface area (Å²) in [6, 6.07) is 3.82. The maximum atomic E-state index is 13.5. The summed E-state index contributed by atoms with van der Waals surface area (Å²) in [5.74, 6) is 0.237. The highest BCUT2D eigenvalue weighted by Gasteiger charge is 2.69. The molecule has 8 nitrogen and oxygen atoms in total. The Morgan fingerprint density at radius 1 is 1.18 bits per heavy atom. The second-order valence-electron chi connectivity index (χ2n) is 10.6. The second kappa shape index (κ2) is 9.26. The number of amides is 2. The van der Waals surface area contributed by atoms with Gasteiger partial charge in [-0.05, 0) is 57.2 Å². The number of piperazine rings is 1. The lowest BCUT2D eigenvalue weighted by Crippen LogP contribution is -2.84. The fourth-order valence-corrected chi connectivity index (χ4v) is 5.93. The SMILES string of the molecule is CN(CC1CCC1)C1CNC(C(=O)NC23CC(NC(=O)COc4ccc(Cl)c(F)c4)(C2)C3)CN1. The Balaban J connectivity index is 1.00. The van der Waals surface area contributed by atoms with E-state index in [1.807, 2.05) is 0 Å². The Hall–Kier alpha value is -1.94. The first kappa shape index (κ1) is 23.8. The van der Waals surface area contributed by atoms with Crippen molar-refractivity contribution in [2.45, 2.75) is 61.8 Å². The van der Waals surface area contributed by atoms with Gasteiger partial charge in [0.2, 0.25) is 5.91 Å². The van der Waals surface area contributed by atoms with Crippen LogP contribution in [0.4, 0.5) is 4.39 Å². The standard InChI is InChI=1S/C24H33ClFN5O3/c1-31(10-15-3-2-4-15)20-9-27-19(8-28-20)22(33)30-24-12-23(13-24,14-24)29-21(32)11-34-16-5-6-17(25)18(26)7-16/h5-7,15,19-20,27-28H,2-4,8-14H2,1H3,(H,29,32)(H,30,33). The van der Waals surface area contributed by atoms with Gasteiger partial charge in [-0.25, -0.2) is 4.39 Å². The first-order valence-electron chi connectivity index (χ1n) is 12.1. The van der Waals surface area contributed by atoms with E-state index in [-0.39, 0.29) is 52.5 Å². The Kier molecular flexibility index (Phi) is 6.48. The molecule has 6 rings (SSSR count). The molecular formula is C24H33ClFN5O3. The molecule has 1 heterocycles. The van der Waals surface area contributed by atoms with Gasteiger partial charge in [-0.2, -0.15) is 0 Å². The molecule has 1 aromatic carbocycles. The van der Waals surface area contributed by atoms with Crippen molar-refractivity contribution < 1.29 is 18.7 Å². The van der Waals surface area contributed by atoms with Crippen molar-refractivity contribution in [3.8, 4) is 5.75 Å². The lowest BCUT2D eigenvalue weighted by Gasteiger charge is -2.70. The number of rotatable bonds is 9. The third-order valence-electron chi connectivity index (χ3n) is 7.82. The summed E-state index contributed by atoms with van der Waals surface area (Å²) in [7, 11) is 2.15. The van der Waals surface area contributed by atoms with Gasteiger partial charge in [0, 0.05) is 36.8 Å². The van der Waals surface area contributed by atoms with Gasteiger partial charge in [-0.15, -0.1) is 0 Å². The van der Waals surface area contributed by atoms with E-state index in [0.717, 1.165) is 44.3 Å². The first-order chi connectivity index (χ1) is 16.2. The fraction of sp³-hybridized carbons (Fsp3) is 0.667. The van der Waals surface area contributed by atoms with Crippen LogP contribution in [0.5, 0.6) is 5.75 Å². The molecule has 0 spiro atoms. The number of carbonyl (C=O) groups excluding carboxylic acids is 2. The van der Waals surface area contributed by atoms with Crippen molar-refractivity contribution in [2.75, 3.05) is 33.3 Å². The van der Waals surface area contributed by atoms with Gasteiger partial charge in [-0.3, -0.25) is 19.8 Å². The van der Waals surface area contributed by atoms with E-state index in [1.165, 1.54) is 31.4 Å². The Morgan fingerprint density at radius 3 is 2.53 bits per heavy atom. The van der Waals surface area contributed by atoms with Gasteiger partial charge in [0.25, 0.3) is 5.91 Å². The van der Waals surface area contributed by atoms with Gasteiger partial charge in [0.15, 0.2) is 6.61 Å². The van der Waals surface area contributed by atoms with Crippen molar-refractivity contribution in [3.05, 3.63) is 29.0 Å². The Bertz CT molecular complexity index is 931. The molecule has 2 atom stereocenters. The second-order valence-corrected chi connectivity index (χ2v) is 11.0. The summed E-state index contributed by atoms with van der Waals surface area (Å²) in [5.41, 5.74) is -0.489. The number of ether oxygens (including phenoxy) is 1. The maximum Gasteiger partial charge on any atom is 0.258 e. The van der Waals surface area contributed by atoms with E-state index >= 15 is 0 Å². The number of nitrogens with one attached hydrogen (secondary N) is 4. The van der Waals surface area contributed by atoms with Gasteiger partial charge in [-0.1, -0.05) is 18.0 Å². The van der Waals surface area contributed by atoms with Crippen LogP contribution in [0.2, 0.25) is 5.02 Å². The Labute approximate surface area is 204 Å². The summed E-state index contributed by atoms with van der Waals surface area (Å²) >= 11 is 5.65. The highest BCUT2D eigenvalue weighted by atomic mass is 35.5. The van der Waals surface area contributed by atoms with E-state index in [0.29, 0.717) is 6.54 Å². The number of nitrogens with zero attached hydrogens (tertiary/aromatic N) is 1.